The summed E-state index contributed by atoms with van der Waals surface area (Å²) >= 11 is 6.21. The molecule has 0 aliphatic carbocycles. The Morgan fingerprint density at radius 3 is 2.57 bits per heavy atom. The van der Waals surface area contributed by atoms with E-state index in [1.54, 1.807) is 37.2 Å². The highest BCUT2D eigenvalue weighted by atomic mass is 35.5. The Hall–Kier alpha value is -3.16. The number of pyridine rings is 1. The molecule has 3 rings (SSSR count). The topological polar surface area (TPSA) is 91.8 Å². The Bertz CT molecular complexity index is 1140. The molecule has 0 fully saturated rings. The maximum atomic E-state index is 12.9. The standard InChI is InChI=1S/C27H32ClN3O4/c1-19(32)8-7-12-23(31(2)26(33)15-14-20-9-5-6-13-24(20)28)18-35-27(34)30-25-16-21-10-3-4-11-22(21)17-29-25/h3-6,9-11,13,16-17,19,23,32H,7-8,12,14-15,18H2,1-2H3,(H,29,30,34)/t19?,23-/m0/s1. The number of anilines is 1. The van der Waals surface area contributed by atoms with Crippen LogP contribution in [0.3, 0.4) is 0 Å². The van der Waals surface area contributed by atoms with Crippen LogP contribution in [0.1, 0.15) is 38.2 Å². The van der Waals surface area contributed by atoms with Crippen LogP contribution in [0.4, 0.5) is 10.6 Å². The second-order valence-corrected chi connectivity index (χ2v) is 9.08. The molecule has 0 aliphatic heterocycles. The van der Waals surface area contributed by atoms with E-state index in [-0.39, 0.29) is 18.6 Å². The fraction of sp³-hybridized carbons (Fsp3) is 0.370. The van der Waals surface area contributed by atoms with Crippen LogP contribution in [0.5, 0.6) is 0 Å². The van der Waals surface area contributed by atoms with Gasteiger partial charge in [-0.2, -0.15) is 0 Å². The van der Waals surface area contributed by atoms with Gasteiger partial charge in [0.15, 0.2) is 0 Å². The SMILES string of the molecule is CC(O)CCC[C@@H](COC(=O)Nc1cc2ccccc2cn1)N(C)C(=O)CCc1ccccc1Cl. The molecule has 186 valence electrons. The second kappa shape index (κ2) is 13.1. The van der Waals surface area contributed by atoms with Gasteiger partial charge in [-0.05, 0) is 55.7 Å². The zero-order valence-corrected chi connectivity index (χ0v) is 20.9. The smallest absolute Gasteiger partial charge is 0.412 e. The van der Waals surface area contributed by atoms with Crippen molar-refractivity contribution in [1.82, 2.24) is 9.88 Å². The molecule has 2 amide bonds. The molecular weight excluding hydrogens is 466 g/mol. The van der Waals surface area contributed by atoms with Gasteiger partial charge in [-0.3, -0.25) is 10.1 Å². The van der Waals surface area contributed by atoms with Crippen molar-refractivity contribution in [3.8, 4) is 0 Å². The van der Waals surface area contributed by atoms with E-state index in [9.17, 15) is 14.7 Å². The third kappa shape index (κ3) is 8.23. The number of likely N-dealkylation sites (N-methyl/N-ethyl adjacent to an activating group) is 1. The van der Waals surface area contributed by atoms with E-state index in [4.69, 9.17) is 16.3 Å². The molecule has 8 heteroatoms. The van der Waals surface area contributed by atoms with Crippen molar-refractivity contribution in [1.29, 1.82) is 0 Å². The molecule has 3 aromatic rings. The average Bonchev–Trinajstić information content (AvgIpc) is 2.84. The molecule has 1 heterocycles. The first kappa shape index (κ1) is 26.4. The molecule has 1 unspecified atom stereocenters. The van der Waals surface area contributed by atoms with E-state index < -0.39 is 12.2 Å². The van der Waals surface area contributed by atoms with Crippen LogP contribution in [-0.2, 0) is 16.0 Å². The number of hydrogen-bond acceptors (Lipinski definition) is 5. The summed E-state index contributed by atoms with van der Waals surface area (Å²) in [5.74, 6) is 0.329. The number of nitrogens with zero attached hydrogens (tertiary/aromatic N) is 2. The number of halogens is 1. The maximum absolute atomic E-state index is 12.9. The number of ether oxygens (including phenoxy) is 1. The quantitative estimate of drug-likeness (QED) is 0.367. The zero-order chi connectivity index (χ0) is 25.2. The molecular formula is C27H32ClN3O4. The summed E-state index contributed by atoms with van der Waals surface area (Å²) < 4.78 is 5.46. The Balaban J connectivity index is 1.57. The predicted molar refractivity (Wildman–Crippen MR) is 139 cm³/mol. The lowest BCUT2D eigenvalue weighted by Gasteiger charge is -2.28. The van der Waals surface area contributed by atoms with Gasteiger partial charge in [0.2, 0.25) is 5.91 Å². The molecule has 0 radical (unpaired) electrons. The molecule has 35 heavy (non-hydrogen) atoms. The summed E-state index contributed by atoms with van der Waals surface area (Å²) in [5.41, 5.74) is 0.917. The van der Waals surface area contributed by atoms with Crippen LogP contribution in [0, 0.1) is 0 Å². The minimum absolute atomic E-state index is 0.0353. The van der Waals surface area contributed by atoms with E-state index in [2.05, 4.69) is 10.3 Å². The summed E-state index contributed by atoms with van der Waals surface area (Å²) in [6, 6.07) is 16.7. The Morgan fingerprint density at radius 1 is 1.11 bits per heavy atom. The van der Waals surface area contributed by atoms with Crippen LogP contribution in [0.15, 0.2) is 60.8 Å². The van der Waals surface area contributed by atoms with Crippen LogP contribution in [0.25, 0.3) is 10.8 Å². The molecule has 0 bridgehead atoms. The van der Waals surface area contributed by atoms with Gasteiger partial charge in [-0.25, -0.2) is 9.78 Å². The maximum Gasteiger partial charge on any atom is 0.412 e. The van der Waals surface area contributed by atoms with Crippen molar-refractivity contribution in [3.05, 3.63) is 71.4 Å². The van der Waals surface area contributed by atoms with Crippen molar-refractivity contribution in [2.45, 2.75) is 51.2 Å². The minimum atomic E-state index is -0.634. The van der Waals surface area contributed by atoms with Crippen molar-refractivity contribution < 1.29 is 19.4 Å². The number of amides is 2. The number of benzene rings is 2. The van der Waals surface area contributed by atoms with Crippen molar-refractivity contribution in [3.63, 3.8) is 0 Å². The van der Waals surface area contributed by atoms with Crippen molar-refractivity contribution in [2.75, 3.05) is 19.0 Å². The van der Waals surface area contributed by atoms with Gasteiger partial charge in [0.05, 0.1) is 12.1 Å². The molecule has 0 spiro atoms. The van der Waals surface area contributed by atoms with Gasteiger partial charge in [-0.15, -0.1) is 0 Å². The number of carbonyl (C=O) groups is 2. The van der Waals surface area contributed by atoms with Gasteiger partial charge < -0.3 is 14.7 Å². The van der Waals surface area contributed by atoms with Crippen LogP contribution in [-0.4, -0.2) is 52.8 Å². The average molecular weight is 498 g/mol. The highest BCUT2D eigenvalue weighted by Crippen LogP contribution is 2.19. The second-order valence-electron chi connectivity index (χ2n) is 8.67. The first-order valence-corrected chi connectivity index (χ1v) is 12.2. The molecule has 2 N–H and O–H groups in total. The number of fused-ring (bicyclic) bond motifs is 1. The molecule has 0 aliphatic rings. The number of rotatable bonds is 11. The third-order valence-corrected chi connectivity index (χ3v) is 6.30. The summed E-state index contributed by atoms with van der Waals surface area (Å²) in [6.07, 6.45) is 3.34. The summed E-state index contributed by atoms with van der Waals surface area (Å²) in [5, 5.41) is 14.8. The third-order valence-electron chi connectivity index (χ3n) is 5.93. The van der Waals surface area contributed by atoms with Gasteiger partial charge in [-0.1, -0.05) is 54.1 Å². The molecule has 1 aromatic heterocycles. The van der Waals surface area contributed by atoms with Crippen molar-refractivity contribution in [2.24, 2.45) is 0 Å². The first-order valence-electron chi connectivity index (χ1n) is 11.8. The number of nitrogens with one attached hydrogen (secondary N) is 1. The lowest BCUT2D eigenvalue weighted by atomic mass is 10.1. The molecule has 2 atom stereocenters. The van der Waals surface area contributed by atoms with Gasteiger partial charge in [0.25, 0.3) is 0 Å². The van der Waals surface area contributed by atoms with Crippen molar-refractivity contribution >= 4 is 40.2 Å². The Kier molecular flexibility index (Phi) is 9.87. The van der Waals surface area contributed by atoms with E-state index in [1.165, 1.54) is 0 Å². The van der Waals surface area contributed by atoms with Crippen LogP contribution < -0.4 is 5.32 Å². The van der Waals surface area contributed by atoms with Gasteiger partial charge in [0, 0.05) is 30.1 Å². The number of aryl methyl sites for hydroxylation is 1. The fourth-order valence-corrected chi connectivity index (χ4v) is 4.06. The minimum Gasteiger partial charge on any atom is -0.447 e. The first-order chi connectivity index (χ1) is 16.8. The summed E-state index contributed by atoms with van der Waals surface area (Å²) in [7, 11) is 1.72. The Morgan fingerprint density at radius 2 is 1.83 bits per heavy atom. The fourth-order valence-electron chi connectivity index (χ4n) is 3.82. The van der Waals surface area contributed by atoms with E-state index in [1.807, 2.05) is 42.5 Å². The number of aliphatic hydroxyl groups excluding tert-OH is 1. The van der Waals surface area contributed by atoms with E-state index in [0.29, 0.717) is 42.9 Å². The zero-order valence-electron chi connectivity index (χ0n) is 20.1. The van der Waals surface area contributed by atoms with Gasteiger partial charge >= 0.3 is 6.09 Å². The molecule has 0 saturated heterocycles. The highest BCUT2D eigenvalue weighted by Gasteiger charge is 2.22. The van der Waals surface area contributed by atoms with Crippen LogP contribution >= 0.6 is 11.6 Å². The number of carbonyl (C=O) groups excluding carboxylic acids is 2. The summed E-state index contributed by atoms with van der Waals surface area (Å²) in [6.45, 7) is 1.77. The monoisotopic (exact) mass is 497 g/mol. The number of aliphatic hydroxyl groups is 1. The normalized spacial score (nSPS) is 12.7. The number of aromatic nitrogens is 1. The molecule has 0 saturated carbocycles. The highest BCUT2D eigenvalue weighted by molar-refractivity contribution is 6.31. The van der Waals surface area contributed by atoms with Crippen LogP contribution in [0.2, 0.25) is 5.02 Å². The summed E-state index contributed by atoms with van der Waals surface area (Å²) in [4.78, 5) is 31.2. The lowest BCUT2D eigenvalue weighted by molar-refractivity contribution is -0.133. The largest absolute Gasteiger partial charge is 0.447 e. The number of hydrogen-bond donors (Lipinski definition) is 2. The molecule has 7 nitrogen and oxygen atoms in total. The predicted octanol–water partition coefficient (Wildman–Crippen LogP) is 5.45. The van der Waals surface area contributed by atoms with Gasteiger partial charge in [0.1, 0.15) is 12.4 Å². The van der Waals surface area contributed by atoms with E-state index in [0.717, 1.165) is 16.3 Å². The Labute approximate surface area is 211 Å². The lowest BCUT2D eigenvalue weighted by Crippen LogP contribution is -2.41. The van der Waals surface area contributed by atoms with E-state index >= 15 is 0 Å². The molecule has 2 aromatic carbocycles.